The predicted octanol–water partition coefficient (Wildman–Crippen LogP) is -2.65. The van der Waals surface area contributed by atoms with Crippen molar-refractivity contribution in [3.8, 4) is 0 Å². The van der Waals surface area contributed by atoms with Gasteiger partial charge in [0.2, 0.25) is 0 Å². The molecule has 0 fully saturated rings. The number of hydrogen-bond donors (Lipinski definition) is 0. The molecule has 4 atom stereocenters. The van der Waals surface area contributed by atoms with Crippen LogP contribution in [0.25, 0.3) is 0 Å². The fourth-order valence-electron chi connectivity index (χ4n) is 0. The van der Waals surface area contributed by atoms with E-state index in [-0.39, 0.29) is 21.7 Å². The van der Waals surface area contributed by atoms with Crippen LogP contribution in [-0.4, -0.2) is 53.6 Å². The van der Waals surface area contributed by atoms with Crippen molar-refractivity contribution in [1.82, 2.24) is 0 Å². The second-order valence-electron chi connectivity index (χ2n) is 3.21. The smallest absolute Gasteiger partial charge is 0.831 e. The summed E-state index contributed by atoms with van der Waals surface area (Å²) in [6.45, 7) is 5.78. The van der Waals surface area contributed by atoms with E-state index in [0.717, 1.165) is 0 Å². The zero-order chi connectivity index (χ0) is 17.1. The van der Waals surface area contributed by atoms with Gasteiger partial charge < -0.3 is 39.4 Å². The third kappa shape index (κ3) is 97.9. The first-order chi connectivity index (χ1) is 9.08. The summed E-state index contributed by atoms with van der Waals surface area (Å²) in [5.74, 6) is 0. The molecule has 0 aliphatic rings. The largest absolute Gasteiger partial charge is 4.00 e. The first-order valence-corrected chi connectivity index (χ1v) is 5.83. The van der Waals surface area contributed by atoms with Crippen molar-refractivity contribution in [2.75, 3.05) is 28.4 Å². The molecule has 0 rings (SSSR count). The molecule has 0 aromatic heterocycles. The maximum absolute atomic E-state index is 9.67. The number of rotatable bonds is 4. The van der Waals surface area contributed by atoms with Crippen LogP contribution in [0.5, 0.6) is 0 Å². The van der Waals surface area contributed by atoms with Crippen LogP contribution in [0.2, 0.25) is 0 Å². The van der Waals surface area contributed by atoms with Crippen LogP contribution in [0, 0.1) is 0 Å². The summed E-state index contributed by atoms with van der Waals surface area (Å²) >= 11 is 0. The maximum Gasteiger partial charge on any atom is 4.00 e. The van der Waals surface area contributed by atoms with Crippen molar-refractivity contribution in [2.24, 2.45) is 0 Å². The van der Waals surface area contributed by atoms with E-state index in [1.54, 1.807) is 0 Å². The topological polar surface area (TPSA) is 129 Å². The van der Waals surface area contributed by atoms with Crippen molar-refractivity contribution < 1.29 is 61.1 Å². The van der Waals surface area contributed by atoms with Gasteiger partial charge in [-0.15, -0.1) is 0 Å². The Hall–Kier alpha value is 0.394. The van der Waals surface area contributed by atoms with Crippen molar-refractivity contribution in [1.29, 1.82) is 0 Å². The molecule has 0 aliphatic carbocycles. The van der Waals surface area contributed by atoms with Crippen molar-refractivity contribution in [3.05, 3.63) is 0 Å². The van der Waals surface area contributed by atoms with Crippen LogP contribution < -0.4 is 20.4 Å². The monoisotopic (exact) mass is 348 g/mol. The Bertz CT molecular complexity index is 113. The van der Waals surface area contributed by atoms with Gasteiger partial charge in [0.1, 0.15) is 0 Å². The molecule has 0 N–H and O–H groups in total. The SMILES string of the molecule is COC(C)[O-].COC(C)[O-].COC(C)[O-].COC(C)[O-].[Ti+4]. The fraction of sp³-hybridized carbons (Fsp3) is 1.00. The van der Waals surface area contributed by atoms with E-state index >= 15 is 0 Å². The molecule has 128 valence electrons. The summed E-state index contributed by atoms with van der Waals surface area (Å²) in [4.78, 5) is 0. The minimum Gasteiger partial charge on any atom is -0.831 e. The molecule has 0 heterocycles. The maximum atomic E-state index is 9.67. The Labute approximate surface area is 142 Å². The molecule has 4 unspecified atom stereocenters. The summed E-state index contributed by atoms with van der Waals surface area (Å²) in [5, 5.41) is 38.7. The number of hydrogen-bond acceptors (Lipinski definition) is 8. The van der Waals surface area contributed by atoms with Crippen LogP contribution in [0.4, 0.5) is 0 Å². The Morgan fingerprint density at radius 1 is 0.476 bits per heavy atom. The standard InChI is InChI=1S/4C3H7O2.Ti/c4*1-3(4)5-2;/h4*3H,1-2H3;/q4*-1;+4. The third-order valence-electron chi connectivity index (χ3n) is 1.33. The third-order valence-corrected chi connectivity index (χ3v) is 1.33. The molecule has 9 heteroatoms. The molecule has 0 aromatic carbocycles. The molecule has 21 heavy (non-hydrogen) atoms. The van der Waals surface area contributed by atoms with E-state index in [1.165, 1.54) is 56.1 Å². The van der Waals surface area contributed by atoms with Gasteiger partial charge in [-0.05, 0) is 25.2 Å². The molecule has 0 aliphatic heterocycles. The van der Waals surface area contributed by atoms with Crippen molar-refractivity contribution in [2.45, 2.75) is 52.9 Å². The van der Waals surface area contributed by atoms with Gasteiger partial charge in [-0.3, -0.25) is 0 Å². The van der Waals surface area contributed by atoms with Crippen LogP contribution >= 0.6 is 0 Å². The summed E-state index contributed by atoms with van der Waals surface area (Å²) in [6.07, 6.45) is -3.46. The predicted molar refractivity (Wildman–Crippen MR) is 65.9 cm³/mol. The van der Waals surface area contributed by atoms with Gasteiger partial charge >= 0.3 is 21.7 Å². The van der Waals surface area contributed by atoms with E-state index < -0.39 is 25.2 Å². The van der Waals surface area contributed by atoms with Gasteiger partial charge in [0, 0.05) is 28.4 Å². The Kier molecular flexibility index (Phi) is 45.0. The van der Waals surface area contributed by atoms with Crippen molar-refractivity contribution >= 4 is 0 Å². The zero-order valence-electron chi connectivity index (χ0n) is 14.1. The van der Waals surface area contributed by atoms with E-state index in [2.05, 4.69) is 18.9 Å². The summed E-state index contributed by atoms with van der Waals surface area (Å²) in [6, 6.07) is 0. The minimum atomic E-state index is -0.866. The molecule has 0 spiro atoms. The normalized spacial score (nSPS) is 14.3. The molecular weight excluding hydrogens is 320 g/mol. The molecule has 0 aromatic rings. The number of ether oxygens (including phenoxy) is 4. The van der Waals surface area contributed by atoms with E-state index in [0.29, 0.717) is 0 Å². The molecular formula is C12H28O8Ti. The Morgan fingerprint density at radius 3 is 0.524 bits per heavy atom. The van der Waals surface area contributed by atoms with E-state index in [1.807, 2.05) is 0 Å². The van der Waals surface area contributed by atoms with Gasteiger partial charge in [-0.1, -0.05) is 27.7 Å². The van der Waals surface area contributed by atoms with Gasteiger partial charge in [0.15, 0.2) is 0 Å². The Balaban J connectivity index is -0.0000000533. The van der Waals surface area contributed by atoms with Crippen LogP contribution in [0.1, 0.15) is 27.7 Å². The van der Waals surface area contributed by atoms with Crippen LogP contribution in [0.3, 0.4) is 0 Å². The second-order valence-corrected chi connectivity index (χ2v) is 3.21. The molecule has 8 nitrogen and oxygen atoms in total. The first-order valence-electron chi connectivity index (χ1n) is 5.83. The van der Waals surface area contributed by atoms with E-state index in [4.69, 9.17) is 0 Å². The minimum absolute atomic E-state index is 0. The average Bonchev–Trinajstić information content (AvgIpc) is 2.40. The summed E-state index contributed by atoms with van der Waals surface area (Å²) in [7, 11) is 5.55. The fourth-order valence-corrected chi connectivity index (χ4v) is 0. The Morgan fingerprint density at radius 2 is 0.524 bits per heavy atom. The van der Waals surface area contributed by atoms with Crippen molar-refractivity contribution in [3.63, 3.8) is 0 Å². The second kappa shape index (κ2) is 28.5. The first kappa shape index (κ1) is 33.1. The van der Waals surface area contributed by atoms with E-state index in [9.17, 15) is 20.4 Å². The van der Waals surface area contributed by atoms with Crippen LogP contribution in [0.15, 0.2) is 0 Å². The van der Waals surface area contributed by atoms with Gasteiger partial charge in [-0.25, -0.2) is 0 Å². The molecule has 0 radical (unpaired) electrons. The average molecular weight is 348 g/mol. The molecule has 0 amide bonds. The van der Waals surface area contributed by atoms with Gasteiger partial charge in [0.25, 0.3) is 0 Å². The molecule has 0 saturated carbocycles. The summed E-state index contributed by atoms with van der Waals surface area (Å²) in [5.41, 5.74) is 0. The molecule has 0 saturated heterocycles. The van der Waals surface area contributed by atoms with Gasteiger partial charge in [-0.2, -0.15) is 0 Å². The zero-order valence-corrected chi connectivity index (χ0v) is 15.6. The van der Waals surface area contributed by atoms with Crippen LogP contribution in [-0.2, 0) is 40.7 Å². The van der Waals surface area contributed by atoms with Gasteiger partial charge in [0.05, 0.1) is 0 Å². The quantitative estimate of drug-likeness (QED) is 0.398. The number of methoxy groups -OCH3 is 4. The molecule has 0 bridgehead atoms. The summed E-state index contributed by atoms with van der Waals surface area (Å²) < 4.78 is 16.8.